The summed E-state index contributed by atoms with van der Waals surface area (Å²) >= 11 is 0. The molecule has 0 aromatic carbocycles. The highest BCUT2D eigenvalue weighted by molar-refractivity contribution is 5.73. The molecule has 9 heteroatoms. The van der Waals surface area contributed by atoms with E-state index in [1.54, 1.807) is 6.92 Å². The van der Waals surface area contributed by atoms with Gasteiger partial charge in [-0.1, -0.05) is 13.8 Å². The summed E-state index contributed by atoms with van der Waals surface area (Å²) in [4.78, 5) is 11.4. The van der Waals surface area contributed by atoms with Crippen LogP contribution in [0.15, 0.2) is 0 Å². The fraction of sp³-hybridized carbons (Fsp3) is 0.963. The predicted octanol–water partition coefficient (Wildman–Crippen LogP) is 1.42. The summed E-state index contributed by atoms with van der Waals surface area (Å²) in [5, 5.41) is 61.7. The minimum atomic E-state index is -1.72. The smallest absolute Gasteiger partial charge is 0.335 e. The molecule has 5 aliphatic rings. The summed E-state index contributed by atoms with van der Waals surface area (Å²) < 4.78 is 11.4. The van der Waals surface area contributed by atoms with Crippen molar-refractivity contribution in [2.24, 2.45) is 34.5 Å². The van der Waals surface area contributed by atoms with E-state index in [2.05, 4.69) is 13.8 Å². The van der Waals surface area contributed by atoms with Gasteiger partial charge < -0.3 is 40.1 Å². The van der Waals surface area contributed by atoms with Gasteiger partial charge in [0.1, 0.15) is 18.3 Å². The van der Waals surface area contributed by atoms with Crippen molar-refractivity contribution in [3.63, 3.8) is 0 Å². The molecule has 5 fully saturated rings. The molecule has 0 aromatic heterocycles. The Hall–Kier alpha value is -0.810. The van der Waals surface area contributed by atoms with E-state index >= 15 is 0 Å². The van der Waals surface area contributed by atoms with Crippen LogP contribution in [0.1, 0.15) is 78.6 Å². The van der Waals surface area contributed by atoms with Crippen molar-refractivity contribution >= 4 is 5.97 Å². The minimum absolute atomic E-state index is 0.140. The van der Waals surface area contributed by atoms with Crippen molar-refractivity contribution in [2.45, 2.75) is 127 Å². The van der Waals surface area contributed by atoms with Gasteiger partial charge in [0.2, 0.25) is 0 Å². The molecule has 206 valence electrons. The number of aliphatic hydroxyl groups is 5. The van der Waals surface area contributed by atoms with Crippen LogP contribution in [-0.2, 0) is 14.3 Å². The molecule has 1 saturated heterocycles. The van der Waals surface area contributed by atoms with E-state index in [9.17, 15) is 35.4 Å². The van der Waals surface area contributed by atoms with Crippen LogP contribution in [0.2, 0.25) is 0 Å². The zero-order chi connectivity index (χ0) is 26.2. The van der Waals surface area contributed by atoms with Gasteiger partial charge >= 0.3 is 5.97 Å². The molecule has 36 heavy (non-hydrogen) atoms. The Balaban J connectivity index is 1.27. The first-order chi connectivity index (χ1) is 16.8. The van der Waals surface area contributed by atoms with Crippen LogP contribution in [0.4, 0.5) is 0 Å². The Morgan fingerprint density at radius 2 is 1.64 bits per heavy atom. The maximum atomic E-state index is 11.4. The lowest BCUT2D eigenvalue weighted by Crippen LogP contribution is -2.61. The number of carboxylic acid groups (broad SMARTS) is 1. The molecular weight excluding hydrogens is 468 g/mol. The SMILES string of the molecule is CC(O)[C@@]1(O)CC[C@H]2[C@@H]3CCC4CC(OC5O[C@H](C(=O)O)[C@@H](O)[C@H](O)[C@H]5O)CC[C@]4(C)[C@H]3CC[C@@]21C. The maximum absolute atomic E-state index is 11.4. The van der Waals surface area contributed by atoms with E-state index < -0.39 is 48.4 Å². The van der Waals surface area contributed by atoms with E-state index in [4.69, 9.17) is 9.47 Å². The molecule has 4 saturated carbocycles. The fourth-order valence-corrected chi connectivity index (χ4v) is 9.43. The second-order valence-electron chi connectivity index (χ2n) is 13.0. The predicted molar refractivity (Wildman–Crippen MR) is 128 cm³/mol. The zero-order valence-corrected chi connectivity index (χ0v) is 21.6. The first kappa shape index (κ1) is 26.8. The molecule has 9 nitrogen and oxygen atoms in total. The van der Waals surface area contributed by atoms with Gasteiger partial charge in [0.15, 0.2) is 12.4 Å². The Labute approximate surface area is 212 Å². The lowest BCUT2D eigenvalue weighted by atomic mass is 9.44. The van der Waals surface area contributed by atoms with Gasteiger partial charge in [-0.05, 0) is 93.8 Å². The molecule has 0 amide bonds. The Morgan fingerprint density at radius 3 is 2.31 bits per heavy atom. The Kier molecular flexibility index (Phi) is 6.80. The molecule has 4 unspecified atom stereocenters. The molecule has 14 atom stereocenters. The van der Waals surface area contributed by atoms with Gasteiger partial charge in [-0.2, -0.15) is 0 Å². The number of carbonyl (C=O) groups is 1. The van der Waals surface area contributed by atoms with E-state index in [0.717, 1.165) is 51.4 Å². The van der Waals surface area contributed by atoms with Crippen molar-refractivity contribution in [3.05, 3.63) is 0 Å². The van der Waals surface area contributed by atoms with Gasteiger partial charge in [-0.3, -0.25) is 0 Å². The van der Waals surface area contributed by atoms with Crippen LogP contribution < -0.4 is 0 Å². The molecule has 0 spiro atoms. The molecule has 5 rings (SSSR count). The van der Waals surface area contributed by atoms with E-state index in [0.29, 0.717) is 30.1 Å². The quantitative estimate of drug-likeness (QED) is 0.307. The third-order valence-electron chi connectivity index (χ3n) is 11.7. The summed E-state index contributed by atoms with van der Waals surface area (Å²) in [7, 11) is 0. The highest BCUT2D eigenvalue weighted by atomic mass is 16.7. The molecule has 1 heterocycles. The standard InChI is InChI=1S/C27H44O9/c1-13(28)27(34)11-8-18-16-5-4-14-12-15(6-9-25(14,2)17(16)7-10-26(18,27)3)35-24-21(31)19(29)20(30)22(36-24)23(32)33/h13-22,24,28-31,34H,4-12H2,1-3H3,(H,32,33)/t13?,14?,15?,16-,17+,18+,19+,20+,21-,22+,24?,25+,26+,27+/m1/s1. The summed E-state index contributed by atoms with van der Waals surface area (Å²) in [6.07, 6.45) is -0.627. The maximum Gasteiger partial charge on any atom is 0.335 e. The summed E-state index contributed by atoms with van der Waals surface area (Å²) in [5.74, 6) is 0.512. The average molecular weight is 513 g/mol. The molecular formula is C27H44O9. The zero-order valence-electron chi connectivity index (χ0n) is 21.6. The number of carboxylic acids is 1. The number of hydrogen-bond acceptors (Lipinski definition) is 8. The monoisotopic (exact) mass is 512 g/mol. The van der Waals surface area contributed by atoms with E-state index in [1.807, 2.05) is 0 Å². The van der Waals surface area contributed by atoms with E-state index in [-0.39, 0.29) is 16.9 Å². The first-order valence-electron chi connectivity index (χ1n) is 13.8. The van der Waals surface area contributed by atoms with Crippen molar-refractivity contribution in [2.75, 3.05) is 0 Å². The van der Waals surface area contributed by atoms with Crippen LogP contribution in [0.25, 0.3) is 0 Å². The second kappa shape index (κ2) is 9.14. The van der Waals surface area contributed by atoms with Crippen LogP contribution in [0, 0.1) is 34.5 Å². The van der Waals surface area contributed by atoms with Gasteiger partial charge in [0.25, 0.3) is 0 Å². The normalized spacial score (nSPS) is 55.8. The molecule has 0 radical (unpaired) electrons. The minimum Gasteiger partial charge on any atom is -0.479 e. The highest BCUT2D eigenvalue weighted by Crippen LogP contribution is 2.68. The number of aliphatic hydroxyl groups excluding tert-OH is 4. The number of ether oxygens (including phenoxy) is 2. The van der Waals surface area contributed by atoms with Gasteiger partial charge in [-0.15, -0.1) is 0 Å². The third-order valence-corrected chi connectivity index (χ3v) is 11.7. The highest BCUT2D eigenvalue weighted by Gasteiger charge is 2.66. The lowest BCUT2D eigenvalue weighted by molar-refractivity contribution is -0.309. The summed E-state index contributed by atoms with van der Waals surface area (Å²) in [6.45, 7) is 6.32. The van der Waals surface area contributed by atoms with E-state index in [1.165, 1.54) is 0 Å². The van der Waals surface area contributed by atoms with Crippen molar-refractivity contribution in [3.8, 4) is 0 Å². The fourth-order valence-electron chi connectivity index (χ4n) is 9.43. The molecule has 0 bridgehead atoms. The third kappa shape index (κ3) is 3.80. The molecule has 4 aliphatic carbocycles. The summed E-state index contributed by atoms with van der Waals surface area (Å²) in [5.41, 5.74) is -1.13. The Bertz CT molecular complexity index is 851. The van der Waals surface area contributed by atoms with Gasteiger partial charge in [0, 0.05) is 5.41 Å². The van der Waals surface area contributed by atoms with Crippen LogP contribution >= 0.6 is 0 Å². The topological polar surface area (TPSA) is 157 Å². The van der Waals surface area contributed by atoms with Gasteiger partial charge in [0.05, 0.1) is 17.8 Å². The van der Waals surface area contributed by atoms with Crippen molar-refractivity contribution < 1.29 is 44.9 Å². The van der Waals surface area contributed by atoms with Crippen LogP contribution in [-0.4, -0.2) is 85.1 Å². The number of hydrogen-bond donors (Lipinski definition) is 6. The Morgan fingerprint density at radius 1 is 0.944 bits per heavy atom. The average Bonchev–Trinajstić information content (AvgIpc) is 3.11. The molecule has 0 aromatic rings. The number of aliphatic carboxylic acids is 1. The molecule has 6 N–H and O–H groups in total. The van der Waals surface area contributed by atoms with Crippen LogP contribution in [0.5, 0.6) is 0 Å². The first-order valence-corrected chi connectivity index (χ1v) is 13.8. The van der Waals surface area contributed by atoms with Gasteiger partial charge in [-0.25, -0.2) is 4.79 Å². The second-order valence-corrected chi connectivity index (χ2v) is 13.0. The lowest BCUT2D eigenvalue weighted by Gasteiger charge is -2.62. The van der Waals surface area contributed by atoms with Crippen molar-refractivity contribution in [1.29, 1.82) is 0 Å². The number of fused-ring (bicyclic) bond motifs is 5. The van der Waals surface area contributed by atoms with Crippen LogP contribution in [0.3, 0.4) is 0 Å². The largest absolute Gasteiger partial charge is 0.479 e. The van der Waals surface area contributed by atoms with Crippen molar-refractivity contribution in [1.82, 2.24) is 0 Å². The summed E-state index contributed by atoms with van der Waals surface area (Å²) in [6, 6.07) is 0. The number of rotatable bonds is 4. The molecule has 1 aliphatic heterocycles.